The maximum absolute atomic E-state index is 13.1. The zero-order valence-corrected chi connectivity index (χ0v) is 17.4. The van der Waals surface area contributed by atoms with Gasteiger partial charge in [-0.3, -0.25) is 19.5 Å². The van der Waals surface area contributed by atoms with Gasteiger partial charge in [0.2, 0.25) is 0 Å². The number of halogens is 1. The van der Waals surface area contributed by atoms with Crippen LogP contribution in [0.2, 0.25) is 5.02 Å². The highest BCUT2D eigenvalue weighted by atomic mass is 35.5. The van der Waals surface area contributed by atoms with Gasteiger partial charge < -0.3 is 9.84 Å². The molecule has 0 bridgehead atoms. The zero-order valence-electron chi connectivity index (χ0n) is 16.7. The molecule has 3 aromatic rings. The first-order valence-electron chi connectivity index (χ1n) is 9.72. The molecule has 1 aliphatic rings. The highest BCUT2D eigenvalue weighted by Crippen LogP contribution is 2.42. The van der Waals surface area contributed by atoms with Crippen molar-refractivity contribution in [2.75, 3.05) is 11.5 Å². The van der Waals surface area contributed by atoms with Crippen molar-refractivity contribution in [1.82, 2.24) is 4.98 Å². The predicted octanol–water partition coefficient (Wildman–Crippen LogP) is 4.76. The van der Waals surface area contributed by atoms with Crippen LogP contribution in [-0.2, 0) is 9.59 Å². The van der Waals surface area contributed by atoms with E-state index < -0.39 is 17.7 Å². The smallest absolute Gasteiger partial charge is 0.300 e. The third-order valence-electron chi connectivity index (χ3n) is 4.95. The Morgan fingerprint density at radius 3 is 2.52 bits per heavy atom. The molecule has 156 valence electrons. The van der Waals surface area contributed by atoms with Gasteiger partial charge in [0, 0.05) is 17.4 Å². The van der Waals surface area contributed by atoms with Crippen LogP contribution in [-0.4, -0.2) is 28.4 Å². The summed E-state index contributed by atoms with van der Waals surface area (Å²) in [6.45, 7) is 2.20. The molecule has 1 amide bonds. The van der Waals surface area contributed by atoms with Crippen molar-refractivity contribution < 1.29 is 19.4 Å². The van der Waals surface area contributed by atoms with E-state index in [9.17, 15) is 14.7 Å². The Bertz CT molecular complexity index is 1160. The minimum Gasteiger partial charge on any atom is -0.507 e. The van der Waals surface area contributed by atoms with E-state index >= 15 is 0 Å². The van der Waals surface area contributed by atoms with E-state index in [1.165, 1.54) is 4.90 Å². The lowest BCUT2D eigenvalue weighted by molar-refractivity contribution is -0.132. The van der Waals surface area contributed by atoms with Crippen LogP contribution in [0.25, 0.3) is 5.76 Å². The number of rotatable bonds is 5. The van der Waals surface area contributed by atoms with Crippen molar-refractivity contribution in [2.45, 2.75) is 13.0 Å². The van der Waals surface area contributed by atoms with Gasteiger partial charge in [0.05, 0.1) is 22.9 Å². The lowest BCUT2D eigenvalue weighted by atomic mass is 9.98. The first-order chi connectivity index (χ1) is 15.0. The molecule has 1 unspecified atom stereocenters. The number of ketones is 1. The summed E-state index contributed by atoms with van der Waals surface area (Å²) in [4.78, 5) is 31.8. The van der Waals surface area contributed by atoms with Crippen LogP contribution in [0.1, 0.15) is 24.2 Å². The predicted molar refractivity (Wildman–Crippen MR) is 118 cm³/mol. The normalized spacial score (nSPS) is 17.7. The van der Waals surface area contributed by atoms with Crippen molar-refractivity contribution in [1.29, 1.82) is 0 Å². The van der Waals surface area contributed by atoms with Gasteiger partial charge in [0.15, 0.2) is 0 Å². The molecule has 31 heavy (non-hydrogen) atoms. The van der Waals surface area contributed by atoms with Crippen LogP contribution in [0, 0.1) is 0 Å². The average molecular weight is 435 g/mol. The summed E-state index contributed by atoms with van der Waals surface area (Å²) in [5, 5.41) is 11.5. The van der Waals surface area contributed by atoms with Crippen LogP contribution in [0.15, 0.2) is 78.5 Å². The fourth-order valence-electron chi connectivity index (χ4n) is 3.58. The third kappa shape index (κ3) is 3.78. The number of carbonyl (C=O) groups is 2. The molecular formula is C24H19ClN2O4. The van der Waals surface area contributed by atoms with Crippen molar-refractivity contribution in [3.8, 4) is 5.75 Å². The molecule has 2 aromatic carbocycles. The Labute approximate surface area is 184 Å². The number of aliphatic hydroxyl groups is 1. The van der Waals surface area contributed by atoms with E-state index in [-0.39, 0.29) is 11.3 Å². The molecule has 0 aliphatic carbocycles. The minimum absolute atomic E-state index is 0.0441. The molecule has 1 atom stereocenters. The summed E-state index contributed by atoms with van der Waals surface area (Å²) < 4.78 is 5.50. The second-order valence-electron chi connectivity index (χ2n) is 6.84. The van der Waals surface area contributed by atoms with Crippen molar-refractivity contribution in [2.24, 2.45) is 0 Å². The minimum atomic E-state index is -0.880. The SMILES string of the molecule is CCOc1cc(/C(O)=C2/C(=O)C(=O)N(c3ccccc3)C2c2ccccn2)ccc1Cl. The molecule has 1 fully saturated rings. The van der Waals surface area contributed by atoms with Gasteiger partial charge in [-0.15, -0.1) is 0 Å². The summed E-state index contributed by atoms with van der Waals surface area (Å²) in [6.07, 6.45) is 1.58. The van der Waals surface area contributed by atoms with Gasteiger partial charge in [0.1, 0.15) is 17.6 Å². The number of anilines is 1. The van der Waals surface area contributed by atoms with Crippen LogP contribution >= 0.6 is 11.6 Å². The van der Waals surface area contributed by atoms with E-state index in [0.717, 1.165) is 0 Å². The molecule has 7 heteroatoms. The monoisotopic (exact) mass is 434 g/mol. The van der Waals surface area contributed by atoms with Gasteiger partial charge in [-0.1, -0.05) is 35.9 Å². The van der Waals surface area contributed by atoms with E-state index in [2.05, 4.69) is 4.98 Å². The van der Waals surface area contributed by atoms with Crippen LogP contribution in [0.3, 0.4) is 0 Å². The van der Waals surface area contributed by atoms with Crippen LogP contribution in [0.5, 0.6) is 5.75 Å². The average Bonchev–Trinajstić information content (AvgIpc) is 3.07. The molecule has 6 nitrogen and oxygen atoms in total. The molecule has 1 aromatic heterocycles. The molecule has 0 spiro atoms. The Hall–Kier alpha value is -3.64. The fourth-order valence-corrected chi connectivity index (χ4v) is 3.75. The van der Waals surface area contributed by atoms with E-state index in [0.29, 0.717) is 34.3 Å². The number of pyridine rings is 1. The molecular weight excluding hydrogens is 416 g/mol. The molecule has 0 saturated carbocycles. The molecule has 1 saturated heterocycles. The maximum atomic E-state index is 13.1. The number of hydrogen-bond donors (Lipinski definition) is 1. The maximum Gasteiger partial charge on any atom is 0.300 e. The third-order valence-corrected chi connectivity index (χ3v) is 5.26. The second kappa shape index (κ2) is 8.62. The van der Waals surface area contributed by atoms with Gasteiger partial charge in [-0.25, -0.2) is 0 Å². The molecule has 4 rings (SSSR count). The highest BCUT2D eigenvalue weighted by molar-refractivity contribution is 6.51. The summed E-state index contributed by atoms with van der Waals surface area (Å²) in [6, 6.07) is 17.9. The topological polar surface area (TPSA) is 79.7 Å². The number of aliphatic hydroxyl groups excluding tert-OH is 1. The summed E-state index contributed by atoms with van der Waals surface area (Å²) in [5.41, 5.74) is 1.27. The summed E-state index contributed by atoms with van der Waals surface area (Å²) in [5.74, 6) is -1.46. The summed E-state index contributed by atoms with van der Waals surface area (Å²) in [7, 11) is 0. The Morgan fingerprint density at radius 2 is 1.84 bits per heavy atom. The van der Waals surface area contributed by atoms with E-state index in [1.807, 2.05) is 13.0 Å². The molecule has 1 aliphatic heterocycles. The molecule has 0 radical (unpaired) electrons. The van der Waals surface area contributed by atoms with Crippen molar-refractivity contribution >= 4 is 34.7 Å². The van der Waals surface area contributed by atoms with Crippen LogP contribution in [0.4, 0.5) is 5.69 Å². The first-order valence-corrected chi connectivity index (χ1v) is 10.1. The number of benzene rings is 2. The van der Waals surface area contributed by atoms with Gasteiger partial charge in [-0.05, 0) is 49.4 Å². The van der Waals surface area contributed by atoms with E-state index in [1.54, 1.807) is 66.9 Å². The number of carbonyl (C=O) groups excluding carboxylic acids is 2. The number of Topliss-reactive ketones (excluding diaryl/α,β-unsaturated/α-hetero) is 1. The van der Waals surface area contributed by atoms with Crippen molar-refractivity contribution in [3.05, 3.63) is 94.8 Å². The Kier molecular flexibility index (Phi) is 5.73. The number of aromatic nitrogens is 1. The van der Waals surface area contributed by atoms with Crippen molar-refractivity contribution in [3.63, 3.8) is 0 Å². The Balaban J connectivity index is 1.92. The second-order valence-corrected chi connectivity index (χ2v) is 7.24. The lowest BCUT2D eigenvalue weighted by Gasteiger charge is -2.24. The van der Waals surface area contributed by atoms with Gasteiger partial charge in [-0.2, -0.15) is 0 Å². The summed E-state index contributed by atoms with van der Waals surface area (Å²) >= 11 is 6.16. The molecule has 2 heterocycles. The van der Waals surface area contributed by atoms with Crippen LogP contribution < -0.4 is 9.64 Å². The number of ether oxygens (including phenoxy) is 1. The fraction of sp³-hybridized carbons (Fsp3) is 0.125. The molecule has 1 N–H and O–H groups in total. The Morgan fingerprint density at radius 1 is 1.10 bits per heavy atom. The standard InChI is InChI=1S/C24H19ClN2O4/c1-2-31-19-14-15(11-12-17(19)25)22(28)20-21(18-10-6-7-13-26-18)27(24(30)23(20)29)16-8-4-3-5-9-16/h3-14,21,28H,2H2,1H3/b22-20-. The zero-order chi connectivity index (χ0) is 22.0. The first kappa shape index (κ1) is 20.6. The number of para-hydroxylation sites is 1. The van der Waals surface area contributed by atoms with Gasteiger partial charge in [0.25, 0.3) is 11.7 Å². The number of hydrogen-bond acceptors (Lipinski definition) is 5. The number of amides is 1. The number of nitrogens with zero attached hydrogens (tertiary/aromatic N) is 2. The van der Waals surface area contributed by atoms with Gasteiger partial charge >= 0.3 is 0 Å². The lowest BCUT2D eigenvalue weighted by Crippen LogP contribution is -2.29. The largest absolute Gasteiger partial charge is 0.507 e. The highest BCUT2D eigenvalue weighted by Gasteiger charge is 2.47. The van der Waals surface area contributed by atoms with E-state index in [4.69, 9.17) is 16.3 Å². The quantitative estimate of drug-likeness (QED) is 0.356.